The van der Waals surface area contributed by atoms with Crippen molar-refractivity contribution in [3.63, 3.8) is 0 Å². The van der Waals surface area contributed by atoms with Crippen molar-refractivity contribution in [2.75, 3.05) is 25.1 Å². The smallest absolute Gasteiger partial charge is 0.310 e. The van der Waals surface area contributed by atoms with E-state index in [0.29, 0.717) is 11.5 Å². The van der Waals surface area contributed by atoms with Crippen LogP contribution in [0.2, 0.25) is 0 Å². The second-order valence-electron chi connectivity index (χ2n) is 4.21. The van der Waals surface area contributed by atoms with Crippen LogP contribution in [0.4, 0.5) is 5.69 Å². The quantitative estimate of drug-likeness (QED) is 0.641. The average Bonchev–Trinajstić information content (AvgIpc) is 2.87. The van der Waals surface area contributed by atoms with Crippen LogP contribution in [0.15, 0.2) is 18.5 Å². The molecule has 0 bridgehead atoms. The van der Waals surface area contributed by atoms with Gasteiger partial charge in [0.2, 0.25) is 0 Å². The molecule has 1 aromatic rings. The maximum absolute atomic E-state index is 11.5. The van der Waals surface area contributed by atoms with E-state index in [1.165, 1.54) is 7.11 Å². The van der Waals surface area contributed by atoms with E-state index in [2.05, 4.69) is 9.88 Å². The molecule has 1 aliphatic rings. The summed E-state index contributed by atoms with van der Waals surface area (Å²) >= 11 is 5.02. The van der Waals surface area contributed by atoms with Crippen molar-refractivity contribution in [1.82, 2.24) is 4.98 Å². The number of thiocarbonyl (C=S) groups is 1. The normalized spacial score (nSPS) is 18.7. The number of nitrogens with zero attached hydrogens (tertiary/aromatic N) is 2. The number of hydrogen-bond acceptors (Lipinski definition) is 5. The van der Waals surface area contributed by atoms with Crippen LogP contribution in [-0.2, 0) is 9.53 Å². The lowest BCUT2D eigenvalue weighted by Gasteiger charge is -2.20. The molecule has 2 rings (SSSR count). The highest BCUT2D eigenvalue weighted by Gasteiger charge is 2.30. The second-order valence-corrected chi connectivity index (χ2v) is 4.65. The molecule has 0 aliphatic carbocycles. The maximum Gasteiger partial charge on any atom is 0.310 e. The van der Waals surface area contributed by atoms with Crippen molar-refractivity contribution in [3.05, 3.63) is 24.0 Å². The molecule has 0 spiro atoms. The minimum absolute atomic E-state index is 0.0885. The van der Waals surface area contributed by atoms with E-state index in [1.807, 2.05) is 0 Å². The lowest BCUT2D eigenvalue weighted by molar-refractivity contribution is -0.144. The SMILES string of the molecule is COC(=O)C1CCN(c2cnccc2C(N)=S)C1. The Morgan fingerprint density at radius 3 is 3.11 bits per heavy atom. The number of pyridine rings is 1. The third kappa shape index (κ3) is 2.43. The molecule has 1 atom stereocenters. The topological polar surface area (TPSA) is 68.5 Å². The van der Waals surface area contributed by atoms with E-state index >= 15 is 0 Å². The summed E-state index contributed by atoms with van der Waals surface area (Å²) in [5, 5.41) is 0. The zero-order valence-corrected chi connectivity index (χ0v) is 10.9. The molecule has 1 saturated heterocycles. The van der Waals surface area contributed by atoms with Gasteiger partial charge < -0.3 is 15.4 Å². The van der Waals surface area contributed by atoms with Gasteiger partial charge in [-0.15, -0.1) is 0 Å². The molecular formula is C12H15N3O2S. The Labute approximate surface area is 111 Å². The molecule has 0 saturated carbocycles. The summed E-state index contributed by atoms with van der Waals surface area (Å²) in [6, 6.07) is 1.79. The minimum Gasteiger partial charge on any atom is -0.469 e. The van der Waals surface area contributed by atoms with E-state index in [4.69, 9.17) is 22.7 Å². The number of hydrogen-bond donors (Lipinski definition) is 1. The standard InChI is InChI=1S/C12H15N3O2S/c1-17-12(16)8-3-5-15(7-8)10-6-14-4-2-9(10)11(13)18/h2,4,6,8H,3,5,7H2,1H3,(H2,13,18). The molecule has 18 heavy (non-hydrogen) atoms. The zero-order valence-electron chi connectivity index (χ0n) is 10.1. The number of aromatic nitrogens is 1. The van der Waals surface area contributed by atoms with Gasteiger partial charge in [-0.3, -0.25) is 9.78 Å². The Morgan fingerprint density at radius 2 is 2.44 bits per heavy atom. The molecule has 2 heterocycles. The molecule has 1 fully saturated rings. The van der Waals surface area contributed by atoms with Gasteiger partial charge in [-0.05, 0) is 12.5 Å². The van der Waals surface area contributed by atoms with E-state index in [1.54, 1.807) is 18.5 Å². The molecule has 1 aromatic heterocycles. The van der Waals surface area contributed by atoms with Gasteiger partial charge in [-0.1, -0.05) is 12.2 Å². The Hall–Kier alpha value is -1.69. The van der Waals surface area contributed by atoms with Gasteiger partial charge in [0.15, 0.2) is 0 Å². The lowest BCUT2D eigenvalue weighted by atomic mass is 10.1. The van der Waals surface area contributed by atoms with Crippen LogP contribution in [0.5, 0.6) is 0 Å². The average molecular weight is 265 g/mol. The summed E-state index contributed by atoms with van der Waals surface area (Å²) in [5.41, 5.74) is 7.37. The van der Waals surface area contributed by atoms with Gasteiger partial charge in [0.1, 0.15) is 4.99 Å². The number of ether oxygens (including phenoxy) is 1. The number of methoxy groups -OCH3 is 1. The molecule has 2 N–H and O–H groups in total. The van der Waals surface area contributed by atoms with Gasteiger partial charge in [-0.25, -0.2) is 0 Å². The Bertz CT molecular complexity index is 478. The summed E-state index contributed by atoms with van der Waals surface area (Å²) in [5.74, 6) is -0.257. The van der Waals surface area contributed by atoms with E-state index in [0.717, 1.165) is 24.2 Å². The number of anilines is 1. The number of rotatable bonds is 3. The van der Waals surface area contributed by atoms with Crippen LogP contribution in [0.1, 0.15) is 12.0 Å². The van der Waals surface area contributed by atoms with Crippen molar-refractivity contribution < 1.29 is 9.53 Å². The van der Waals surface area contributed by atoms with Crippen LogP contribution in [0.25, 0.3) is 0 Å². The van der Waals surface area contributed by atoms with Crippen molar-refractivity contribution in [3.8, 4) is 0 Å². The van der Waals surface area contributed by atoms with E-state index < -0.39 is 0 Å². The number of nitrogens with two attached hydrogens (primary N) is 1. The van der Waals surface area contributed by atoms with Gasteiger partial charge >= 0.3 is 5.97 Å². The highest BCUT2D eigenvalue weighted by Crippen LogP contribution is 2.26. The predicted octanol–water partition coefficient (Wildman–Crippen LogP) is 0.715. The van der Waals surface area contributed by atoms with Crippen LogP contribution in [0.3, 0.4) is 0 Å². The Morgan fingerprint density at radius 1 is 1.67 bits per heavy atom. The highest BCUT2D eigenvalue weighted by molar-refractivity contribution is 7.80. The van der Waals surface area contributed by atoms with Crippen molar-refractivity contribution in [2.45, 2.75) is 6.42 Å². The van der Waals surface area contributed by atoms with Crippen LogP contribution in [0, 0.1) is 5.92 Å². The third-order valence-electron chi connectivity index (χ3n) is 3.13. The molecule has 1 unspecified atom stereocenters. The summed E-state index contributed by atoms with van der Waals surface area (Å²) in [6.45, 7) is 1.40. The second kappa shape index (κ2) is 5.30. The molecule has 5 nitrogen and oxygen atoms in total. The van der Waals surface area contributed by atoms with Crippen LogP contribution >= 0.6 is 12.2 Å². The number of carbonyl (C=O) groups is 1. The Kier molecular flexibility index (Phi) is 3.76. The first kappa shape index (κ1) is 12.8. The first-order valence-electron chi connectivity index (χ1n) is 5.70. The molecule has 0 amide bonds. The fourth-order valence-corrected chi connectivity index (χ4v) is 2.36. The fourth-order valence-electron chi connectivity index (χ4n) is 2.18. The predicted molar refractivity (Wildman–Crippen MR) is 72.5 cm³/mol. The van der Waals surface area contributed by atoms with E-state index in [-0.39, 0.29) is 11.9 Å². The molecule has 0 aromatic carbocycles. The maximum atomic E-state index is 11.5. The zero-order chi connectivity index (χ0) is 13.1. The fraction of sp³-hybridized carbons (Fsp3) is 0.417. The Balaban J connectivity index is 2.19. The largest absolute Gasteiger partial charge is 0.469 e. The third-order valence-corrected chi connectivity index (χ3v) is 3.35. The molecule has 1 aliphatic heterocycles. The molecular weight excluding hydrogens is 250 g/mol. The van der Waals surface area contributed by atoms with Crippen LogP contribution in [-0.4, -0.2) is 36.1 Å². The summed E-state index contributed by atoms with van der Waals surface area (Å²) in [7, 11) is 1.41. The minimum atomic E-state index is -0.168. The molecule has 0 radical (unpaired) electrons. The van der Waals surface area contributed by atoms with Crippen molar-refractivity contribution in [2.24, 2.45) is 11.7 Å². The first-order valence-corrected chi connectivity index (χ1v) is 6.11. The van der Waals surface area contributed by atoms with E-state index in [9.17, 15) is 4.79 Å². The lowest BCUT2D eigenvalue weighted by Crippen LogP contribution is -2.26. The number of esters is 1. The summed E-state index contributed by atoms with van der Waals surface area (Å²) in [6.07, 6.45) is 4.17. The van der Waals surface area contributed by atoms with Crippen molar-refractivity contribution in [1.29, 1.82) is 0 Å². The summed E-state index contributed by atoms with van der Waals surface area (Å²) in [4.78, 5) is 18.0. The monoisotopic (exact) mass is 265 g/mol. The highest BCUT2D eigenvalue weighted by atomic mass is 32.1. The van der Waals surface area contributed by atoms with Gasteiger partial charge in [-0.2, -0.15) is 0 Å². The number of carbonyl (C=O) groups excluding carboxylic acids is 1. The van der Waals surface area contributed by atoms with Gasteiger partial charge in [0, 0.05) is 24.8 Å². The van der Waals surface area contributed by atoms with Crippen molar-refractivity contribution >= 4 is 28.9 Å². The van der Waals surface area contributed by atoms with Crippen LogP contribution < -0.4 is 10.6 Å². The van der Waals surface area contributed by atoms with Gasteiger partial charge in [0.05, 0.1) is 24.9 Å². The molecule has 96 valence electrons. The first-order chi connectivity index (χ1) is 8.63. The van der Waals surface area contributed by atoms with Gasteiger partial charge in [0.25, 0.3) is 0 Å². The summed E-state index contributed by atoms with van der Waals surface area (Å²) < 4.78 is 4.76. The molecule has 6 heteroatoms.